The van der Waals surface area contributed by atoms with E-state index in [1.807, 2.05) is 6.92 Å². The maximum absolute atomic E-state index is 10.5. The minimum atomic E-state index is -0.603. The molecule has 0 aliphatic carbocycles. The molecule has 0 heterocycles. The predicted octanol–water partition coefficient (Wildman–Crippen LogP) is 7.29. The molecule has 0 radical (unpaired) electrons. The molecule has 24 heavy (non-hydrogen) atoms. The maximum atomic E-state index is 10.5. The molecule has 0 fully saturated rings. The summed E-state index contributed by atoms with van der Waals surface area (Å²) in [5, 5.41) is 10.5. The number of hydrogen-bond acceptors (Lipinski definition) is 1. The van der Waals surface area contributed by atoms with Crippen molar-refractivity contribution >= 4 is 0 Å². The molecule has 1 N–H and O–H groups in total. The largest absolute Gasteiger partial charge is 0.390 e. The molecule has 0 amide bonds. The van der Waals surface area contributed by atoms with Crippen LogP contribution in [0.4, 0.5) is 0 Å². The van der Waals surface area contributed by atoms with Crippen LogP contribution in [-0.2, 0) is 0 Å². The van der Waals surface area contributed by atoms with Crippen LogP contribution in [0.25, 0.3) is 0 Å². The fourth-order valence-corrected chi connectivity index (χ4v) is 2.51. The zero-order valence-electron chi connectivity index (χ0n) is 17.2. The Morgan fingerprint density at radius 3 is 1.62 bits per heavy atom. The van der Waals surface area contributed by atoms with Gasteiger partial charge < -0.3 is 5.11 Å². The maximum Gasteiger partial charge on any atom is 0.0657 e. The van der Waals surface area contributed by atoms with Crippen molar-refractivity contribution in [2.24, 2.45) is 0 Å². The van der Waals surface area contributed by atoms with Crippen LogP contribution in [0.5, 0.6) is 0 Å². The molecule has 0 aromatic carbocycles. The van der Waals surface area contributed by atoms with Gasteiger partial charge >= 0.3 is 0 Å². The van der Waals surface area contributed by atoms with Gasteiger partial charge in [-0.3, -0.25) is 0 Å². The topological polar surface area (TPSA) is 20.2 Å². The Balaban J connectivity index is 4.20. The molecule has 0 rings (SSSR count). The van der Waals surface area contributed by atoms with Crippen LogP contribution in [0.3, 0.4) is 0 Å². The lowest BCUT2D eigenvalue weighted by Gasteiger charge is -2.21. The monoisotopic (exact) mass is 332 g/mol. The Labute approximate surface area is 151 Å². The molecule has 1 atom stereocenters. The highest BCUT2D eigenvalue weighted by molar-refractivity contribution is 5.05. The first-order chi connectivity index (χ1) is 11.1. The van der Waals surface area contributed by atoms with Gasteiger partial charge in [0.2, 0.25) is 0 Å². The van der Waals surface area contributed by atoms with Gasteiger partial charge in [0, 0.05) is 0 Å². The highest BCUT2D eigenvalue weighted by Gasteiger charge is 2.17. The van der Waals surface area contributed by atoms with Crippen molar-refractivity contribution < 1.29 is 5.11 Å². The summed E-state index contributed by atoms with van der Waals surface area (Å²) in [6, 6.07) is 0. The van der Waals surface area contributed by atoms with Crippen LogP contribution in [-0.4, -0.2) is 10.7 Å². The quantitative estimate of drug-likeness (QED) is 0.394. The SMILES string of the molecule is CC(C)=CCC/C(C)=C/CCC(C)(O)C/C=C(\C)CCC=C(C)C. The summed E-state index contributed by atoms with van der Waals surface area (Å²) in [4.78, 5) is 0. The molecule has 0 aromatic rings. The molecule has 1 unspecified atom stereocenters. The minimum Gasteiger partial charge on any atom is -0.390 e. The average Bonchev–Trinajstić information content (AvgIpc) is 2.44. The van der Waals surface area contributed by atoms with Crippen molar-refractivity contribution in [2.75, 3.05) is 0 Å². The Bertz CT molecular complexity index is 464. The molecule has 0 spiro atoms. The molecular weight excluding hydrogens is 292 g/mol. The van der Waals surface area contributed by atoms with Crippen molar-refractivity contribution in [3.8, 4) is 0 Å². The van der Waals surface area contributed by atoms with Gasteiger partial charge in [-0.2, -0.15) is 0 Å². The van der Waals surface area contributed by atoms with Crippen molar-refractivity contribution in [1.82, 2.24) is 0 Å². The van der Waals surface area contributed by atoms with Gasteiger partial charge in [-0.1, -0.05) is 46.6 Å². The Morgan fingerprint density at radius 2 is 1.17 bits per heavy atom. The lowest BCUT2D eigenvalue weighted by Crippen LogP contribution is -2.22. The van der Waals surface area contributed by atoms with Crippen molar-refractivity contribution in [3.05, 3.63) is 46.6 Å². The number of rotatable bonds is 11. The molecule has 1 heteroatoms. The zero-order chi connectivity index (χ0) is 18.6. The zero-order valence-corrected chi connectivity index (χ0v) is 17.2. The van der Waals surface area contributed by atoms with Crippen LogP contribution in [0.2, 0.25) is 0 Å². The summed E-state index contributed by atoms with van der Waals surface area (Å²) in [5.41, 5.74) is 4.96. The molecule has 138 valence electrons. The fourth-order valence-electron chi connectivity index (χ4n) is 2.51. The molecule has 0 saturated heterocycles. The minimum absolute atomic E-state index is 0.603. The normalized spacial score (nSPS) is 15.0. The van der Waals surface area contributed by atoms with Crippen LogP contribution in [0, 0.1) is 0 Å². The molecule has 0 aliphatic heterocycles. The van der Waals surface area contributed by atoms with Crippen molar-refractivity contribution in [3.63, 3.8) is 0 Å². The van der Waals surface area contributed by atoms with Gasteiger partial charge in [-0.25, -0.2) is 0 Å². The van der Waals surface area contributed by atoms with Gasteiger partial charge in [-0.15, -0.1) is 0 Å². The first-order valence-corrected chi connectivity index (χ1v) is 9.43. The van der Waals surface area contributed by atoms with E-state index in [2.05, 4.69) is 65.8 Å². The Morgan fingerprint density at radius 1 is 0.708 bits per heavy atom. The molecule has 0 aliphatic rings. The highest BCUT2D eigenvalue weighted by Crippen LogP contribution is 2.21. The summed E-state index contributed by atoms with van der Waals surface area (Å²) in [5.74, 6) is 0. The number of aliphatic hydroxyl groups is 1. The third kappa shape index (κ3) is 14.5. The van der Waals surface area contributed by atoms with E-state index in [1.54, 1.807) is 0 Å². The van der Waals surface area contributed by atoms with Gasteiger partial charge in [0.1, 0.15) is 0 Å². The van der Waals surface area contributed by atoms with E-state index in [9.17, 15) is 5.11 Å². The standard InChI is InChI=1S/C23H40O/c1-19(2)11-8-13-21(5)15-10-17-23(7,24)18-16-22(6)14-9-12-20(3)4/h11-12,15-16,24H,8-10,13-14,17-18H2,1-7H3/b21-15+,22-16+. The smallest absolute Gasteiger partial charge is 0.0657 e. The number of hydrogen-bond donors (Lipinski definition) is 1. The van der Waals surface area contributed by atoms with Crippen molar-refractivity contribution in [1.29, 1.82) is 0 Å². The molecule has 0 bridgehead atoms. The highest BCUT2D eigenvalue weighted by atomic mass is 16.3. The first kappa shape index (κ1) is 22.9. The Hall–Kier alpha value is -1.08. The van der Waals surface area contributed by atoms with E-state index >= 15 is 0 Å². The predicted molar refractivity (Wildman–Crippen MR) is 109 cm³/mol. The summed E-state index contributed by atoms with van der Waals surface area (Å²) in [6.45, 7) is 14.9. The van der Waals surface area contributed by atoms with E-state index in [0.717, 1.165) is 44.9 Å². The summed E-state index contributed by atoms with van der Waals surface area (Å²) in [6.07, 6.45) is 16.0. The fraction of sp³-hybridized carbons (Fsp3) is 0.652. The van der Waals surface area contributed by atoms with Crippen LogP contribution in [0.15, 0.2) is 46.6 Å². The van der Waals surface area contributed by atoms with Gasteiger partial charge in [0.15, 0.2) is 0 Å². The van der Waals surface area contributed by atoms with E-state index in [4.69, 9.17) is 0 Å². The third-order valence-corrected chi connectivity index (χ3v) is 4.25. The first-order valence-electron chi connectivity index (χ1n) is 9.43. The molecule has 0 saturated carbocycles. The van der Waals surface area contributed by atoms with E-state index < -0.39 is 5.60 Å². The number of allylic oxidation sites excluding steroid dienone is 7. The van der Waals surface area contributed by atoms with Crippen LogP contribution >= 0.6 is 0 Å². The van der Waals surface area contributed by atoms with Gasteiger partial charge in [0.25, 0.3) is 0 Å². The molecular formula is C23H40O. The van der Waals surface area contributed by atoms with Gasteiger partial charge in [-0.05, 0) is 93.4 Å². The molecule has 1 nitrogen and oxygen atoms in total. The Kier molecular flexibility index (Phi) is 11.8. The van der Waals surface area contributed by atoms with E-state index in [1.165, 1.54) is 22.3 Å². The summed E-state index contributed by atoms with van der Waals surface area (Å²) in [7, 11) is 0. The van der Waals surface area contributed by atoms with E-state index in [0.29, 0.717) is 0 Å². The summed E-state index contributed by atoms with van der Waals surface area (Å²) >= 11 is 0. The lowest BCUT2D eigenvalue weighted by atomic mass is 9.93. The molecule has 0 aromatic heterocycles. The summed E-state index contributed by atoms with van der Waals surface area (Å²) < 4.78 is 0. The van der Waals surface area contributed by atoms with E-state index in [-0.39, 0.29) is 0 Å². The lowest BCUT2D eigenvalue weighted by molar-refractivity contribution is 0.0548. The third-order valence-electron chi connectivity index (χ3n) is 4.25. The average molecular weight is 333 g/mol. The van der Waals surface area contributed by atoms with Crippen molar-refractivity contribution in [2.45, 2.75) is 99.0 Å². The van der Waals surface area contributed by atoms with Crippen LogP contribution < -0.4 is 0 Å². The second-order valence-corrected chi connectivity index (χ2v) is 7.98. The van der Waals surface area contributed by atoms with Gasteiger partial charge in [0.05, 0.1) is 5.60 Å². The second kappa shape index (κ2) is 12.3. The van der Waals surface area contributed by atoms with Crippen LogP contribution in [0.1, 0.15) is 93.4 Å². The second-order valence-electron chi connectivity index (χ2n) is 7.98.